The molecule has 1 aromatic carbocycles. The molecular weight excluding hydrogens is 317 g/mol. The highest BCUT2D eigenvalue weighted by Crippen LogP contribution is 2.39. The fraction of sp³-hybridized carbons (Fsp3) is 0.0667. The number of nitrogens with zero attached hydrogens (tertiary/aromatic N) is 1. The molecule has 0 radical (unpaired) electrons. The maximum atomic E-state index is 11.9. The second kappa shape index (κ2) is 5.96. The van der Waals surface area contributed by atoms with Gasteiger partial charge in [-0.05, 0) is 29.8 Å². The molecule has 0 unspecified atom stereocenters. The van der Waals surface area contributed by atoms with Gasteiger partial charge in [0.05, 0.1) is 17.4 Å². The molecule has 1 aliphatic heterocycles. The standard InChI is InChI=1S/C15H14N3O4P/c19-15-12(14-13(18-15)2-1-7-16-14)8-17-11-5-3-10(4-6-11)9-23(20,21)22/h1-8,17H,9H2,(H,18,19)(H2,20,21,22). The van der Waals surface area contributed by atoms with Crippen LogP contribution in [0, 0.1) is 0 Å². The SMILES string of the molecule is O=C1Nc2cccnc2C1=CNc1ccc(CP(=O)(O)O)cc1. The van der Waals surface area contributed by atoms with Crippen LogP contribution in [-0.2, 0) is 15.5 Å². The van der Waals surface area contributed by atoms with Crippen molar-refractivity contribution >= 4 is 30.5 Å². The number of amides is 1. The number of hydrogen-bond donors (Lipinski definition) is 4. The second-order valence-corrected chi connectivity index (χ2v) is 6.72. The van der Waals surface area contributed by atoms with Crippen LogP contribution in [0.4, 0.5) is 11.4 Å². The van der Waals surface area contributed by atoms with Gasteiger partial charge in [-0.25, -0.2) is 0 Å². The highest BCUT2D eigenvalue weighted by molar-refractivity contribution is 7.50. The molecule has 0 atom stereocenters. The van der Waals surface area contributed by atoms with E-state index >= 15 is 0 Å². The molecule has 1 aliphatic rings. The Bertz CT molecular complexity index is 827. The van der Waals surface area contributed by atoms with E-state index in [1.807, 2.05) is 0 Å². The third-order valence-corrected chi connectivity index (χ3v) is 4.06. The molecule has 118 valence electrons. The summed E-state index contributed by atoms with van der Waals surface area (Å²) >= 11 is 0. The average Bonchev–Trinajstić information content (AvgIpc) is 2.80. The summed E-state index contributed by atoms with van der Waals surface area (Å²) in [5.41, 5.74) is 2.93. The van der Waals surface area contributed by atoms with E-state index < -0.39 is 7.60 Å². The number of anilines is 2. The summed E-state index contributed by atoms with van der Waals surface area (Å²) in [6, 6.07) is 10.2. The predicted octanol–water partition coefficient (Wildman–Crippen LogP) is 2.16. The zero-order chi connectivity index (χ0) is 16.4. The lowest BCUT2D eigenvalue weighted by molar-refractivity contribution is -0.110. The molecule has 8 heteroatoms. The highest BCUT2D eigenvalue weighted by atomic mass is 31.2. The predicted molar refractivity (Wildman–Crippen MR) is 86.7 cm³/mol. The molecule has 2 heterocycles. The summed E-state index contributed by atoms with van der Waals surface area (Å²) in [5.74, 6) is -0.232. The van der Waals surface area contributed by atoms with Gasteiger partial charge in [-0.15, -0.1) is 0 Å². The van der Waals surface area contributed by atoms with E-state index in [1.54, 1.807) is 48.8 Å². The van der Waals surface area contributed by atoms with E-state index in [1.165, 1.54) is 0 Å². The molecular formula is C15H14N3O4P. The first-order valence-corrected chi connectivity index (χ1v) is 8.59. The van der Waals surface area contributed by atoms with E-state index in [4.69, 9.17) is 9.79 Å². The largest absolute Gasteiger partial charge is 0.361 e. The van der Waals surface area contributed by atoms with Gasteiger partial charge in [0.1, 0.15) is 5.69 Å². The monoisotopic (exact) mass is 331 g/mol. The number of nitrogens with one attached hydrogen (secondary N) is 2. The van der Waals surface area contributed by atoms with Crippen molar-refractivity contribution in [3.63, 3.8) is 0 Å². The molecule has 3 rings (SSSR count). The van der Waals surface area contributed by atoms with Crippen molar-refractivity contribution in [1.29, 1.82) is 0 Å². The second-order valence-electron chi connectivity index (χ2n) is 5.08. The van der Waals surface area contributed by atoms with Crippen LogP contribution in [0.25, 0.3) is 5.57 Å². The van der Waals surface area contributed by atoms with Gasteiger partial charge in [-0.2, -0.15) is 0 Å². The van der Waals surface area contributed by atoms with Gasteiger partial charge >= 0.3 is 7.60 Å². The smallest absolute Gasteiger partial charge is 0.329 e. The molecule has 2 aromatic rings. The number of hydrogen-bond acceptors (Lipinski definition) is 4. The van der Waals surface area contributed by atoms with Crippen LogP contribution in [0.2, 0.25) is 0 Å². The number of carbonyl (C=O) groups excluding carboxylic acids is 1. The van der Waals surface area contributed by atoms with Crippen LogP contribution in [0.1, 0.15) is 11.3 Å². The number of aromatic nitrogens is 1. The van der Waals surface area contributed by atoms with Gasteiger partial charge < -0.3 is 20.4 Å². The molecule has 7 nitrogen and oxygen atoms in total. The Labute approximate surface area is 132 Å². The first kappa shape index (κ1) is 15.4. The summed E-state index contributed by atoms with van der Waals surface area (Å²) in [4.78, 5) is 34.0. The zero-order valence-corrected chi connectivity index (χ0v) is 12.8. The Morgan fingerprint density at radius 2 is 1.96 bits per heavy atom. The number of fused-ring (bicyclic) bond motifs is 1. The van der Waals surface area contributed by atoms with Crippen LogP contribution in [0.3, 0.4) is 0 Å². The van der Waals surface area contributed by atoms with Crippen LogP contribution in [0.5, 0.6) is 0 Å². The van der Waals surface area contributed by atoms with Crippen molar-refractivity contribution < 1.29 is 19.1 Å². The van der Waals surface area contributed by atoms with Crippen molar-refractivity contribution in [1.82, 2.24) is 4.98 Å². The topological polar surface area (TPSA) is 112 Å². The summed E-state index contributed by atoms with van der Waals surface area (Å²) in [6.07, 6.45) is 2.88. The van der Waals surface area contributed by atoms with Crippen LogP contribution in [-0.4, -0.2) is 20.7 Å². The third-order valence-electron chi connectivity index (χ3n) is 3.28. The summed E-state index contributed by atoms with van der Waals surface area (Å²) in [7, 11) is -4.07. The molecule has 1 aromatic heterocycles. The Morgan fingerprint density at radius 1 is 1.22 bits per heavy atom. The molecule has 0 fully saturated rings. The molecule has 0 saturated carbocycles. The molecule has 0 aliphatic carbocycles. The van der Waals surface area contributed by atoms with Gasteiger partial charge in [-0.1, -0.05) is 12.1 Å². The summed E-state index contributed by atoms with van der Waals surface area (Å²) in [6.45, 7) is 0. The van der Waals surface area contributed by atoms with E-state index in [0.29, 0.717) is 28.2 Å². The number of rotatable bonds is 4. The van der Waals surface area contributed by atoms with E-state index in [2.05, 4.69) is 15.6 Å². The zero-order valence-electron chi connectivity index (χ0n) is 11.9. The minimum absolute atomic E-state index is 0.232. The van der Waals surface area contributed by atoms with E-state index in [9.17, 15) is 9.36 Å². The maximum Gasteiger partial charge on any atom is 0.329 e. The van der Waals surface area contributed by atoms with Crippen LogP contribution in [0.15, 0.2) is 48.8 Å². The minimum atomic E-state index is -4.07. The van der Waals surface area contributed by atoms with Crippen LogP contribution < -0.4 is 10.6 Å². The molecule has 1 amide bonds. The molecule has 23 heavy (non-hydrogen) atoms. The number of pyridine rings is 1. The fourth-order valence-electron chi connectivity index (χ4n) is 2.25. The first-order chi connectivity index (χ1) is 10.9. The first-order valence-electron chi connectivity index (χ1n) is 6.79. The number of carbonyl (C=O) groups is 1. The molecule has 4 N–H and O–H groups in total. The normalized spacial score (nSPS) is 15.4. The van der Waals surface area contributed by atoms with E-state index in [0.717, 1.165) is 0 Å². The lowest BCUT2D eigenvalue weighted by Crippen LogP contribution is -2.05. The van der Waals surface area contributed by atoms with Crippen LogP contribution >= 0.6 is 7.60 Å². The van der Waals surface area contributed by atoms with Crippen molar-refractivity contribution in [2.75, 3.05) is 10.6 Å². The van der Waals surface area contributed by atoms with E-state index in [-0.39, 0.29) is 12.1 Å². The average molecular weight is 331 g/mol. The molecule has 0 bridgehead atoms. The highest BCUT2D eigenvalue weighted by Gasteiger charge is 2.24. The quantitative estimate of drug-likeness (QED) is 0.505. The van der Waals surface area contributed by atoms with Gasteiger partial charge in [0.2, 0.25) is 0 Å². The summed E-state index contributed by atoms with van der Waals surface area (Å²) < 4.78 is 11.0. The lowest BCUT2D eigenvalue weighted by Gasteiger charge is -2.06. The van der Waals surface area contributed by atoms with Gasteiger partial charge in [0.15, 0.2) is 0 Å². The molecule has 0 spiro atoms. The Balaban J connectivity index is 1.76. The Hall–Kier alpha value is -2.47. The van der Waals surface area contributed by atoms with Gasteiger partial charge in [0.25, 0.3) is 5.91 Å². The molecule has 0 saturated heterocycles. The van der Waals surface area contributed by atoms with Crippen molar-refractivity contribution in [3.05, 3.63) is 60.1 Å². The number of benzene rings is 1. The van der Waals surface area contributed by atoms with Gasteiger partial charge in [0, 0.05) is 18.1 Å². The van der Waals surface area contributed by atoms with Gasteiger partial charge in [-0.3, -0.25) is 14.3 Å². The van der Waals surface area contributed by atoms with Crippen molar-refractivity contribution in [2.45, 2.75) is 6.16 Å². The van der Waals surface area contributed by atoms with Crippen molar-refractivity contribution in [3.8, 4) is 0 Å². The maximum absolute atomic E-state index is 11.9. The Morgan fingerprint density at radius 3 is 2.65 bits per heavy atom. The van der Waals surface area contributed by atoms with Crippen molar-refractivity contribution in [2.24, 2.45) is 0 Å². The fourth-order valence-corrected chi connectivity index (χ4v) is 2.94. The summed E-state index contributed by atoms with van der Waals surface area (Å²) in [5, 5.41) is 5.71. The third kappa shape index (κ3) is 3.65. The lowest BCUT2D eigenvalue weighted by atomic mass is 10.2. The minimum Gasteiger partial charge on any atom is -0.361 e. The Kier molecular flexibility index (Phi) is 4.00.